The van der Waals surface area contributed by atoms with Crippen LogP contribution in [0.25, 0.3) is 0 Å². The van der Waals surface area contributed by atoms with Crippen molar-refractivity contribution in [3.63, 3.8) is 0 Å². The van der Waals surface area contributed by atoms with Crippen LogP contribution in [0.15, 0.2) is 35.3 Å². The summed E-state index contributed by atoms with van der Waals surface area (Å²) in [6.07, 6.45) is 0. The van der Waals surface area contributed by atoms with Crippen molar-refractivity contribution in [2.75, 3.05) is 35.5 Å². The standard InChI is InChI=1S/C21H27F2N3O5/c1-24-21(25-11-13-8-14(27-2)6-7-17(13)31-20(22)23)26-12-16-18(29-4)9-15(28-3)10-19(16)30-5/h6-10,20H,11-12H2,1-5H3,(H2,24,25,26). The number of ether oxygens (including phenoxy) is 5. The van der Waals surface area contributed by atoms with Crippen LogP contribution < -0.4 is 34.3 Å². The van der Waals surface area contributed by atoms with Gasteiger partial charge in [0, 0.05) is 31.3 Å². The molecule has 0 fully saturated rings. The molecule has 2 aromatic rings. The Kier molecular flexibility index (Phi) is 8.98. The Labute approximate surface area is 180 Å². The van der Waals surface area contributed by atoms with E-state index >= 15 is 0 Å². The van der Waals surface area contributed by atoms with E-state index in [0.29, 0.717) is 41.1 Å². The predicted octanol–water partition coefficient (Wildman–Crippen LogP) is 3.19. The van der Waals surface area contributed by atoms with E-state index in [-0.39, 0.29) is 12.3 Å². The monoisotopic (exact) mass is 439 g/mol. The van der Waals surface area contributed by atoms with E-state index in [2.05, 4.69) is 20.4 Å². The van der Waals surface area contributed by atoms with E-state index in [1.54, 1.807) is 52.6 Å². The van der Waals surface area contributed by atoms with Crippen LogP contribution in [0.2, 0.25) is 0 Å². The third kappa shape index (κ3) is 6.53. The molecule has 0 spiro atoms. The molecule has 2 rings (SSSR count). The summed E-state index contributed by atoms with van der Waals surface area (Å²) in [7, 11) is 7.76. The molecule has 0 aliphatic carbocycles. The van der Waals surface area contributed by atoms with Crippen molar-refractivity contribution in [1.82, 2.24) is 10.6 Å². The molecule has 0 aromatic heterocycles. The number of guanidine groups is 1. The molecule has 8 nitrogen and oxygen atoms in total. The fraction of sp³-hybridized carbons (Fsp3) is 0.381. The minimum absolute atomic E-state index is 0.0530. The van der Waals surface area contributed by atoms with E-state index in [4.69, 9.17) is 18.9 Å². The van der Waals surface area contributed by atoms with Gasteiger partial charge in [0.2, 0.25) is 0 Å². The molecule has 0 saturated heterocycles. The van der Waals surface area contributed by atoms with Gasteiger partial charge in [0.05, 0.1) is 40.5 Å². The molecule has 2 aromatic carbocycles. The van der Waals surface area contributed by atoms with Gasteiger partial charge in [-0.15, -0.1) is 0 Å². The van der Waals surface area contributed by atoms with Crippen LogP contribution in [0, 0.1) is 0 Å². The number of nitrogens with one attached hydrogen (secondary N) is 2. The van der Waals surface area contributed by atoms with E-state index in [0.717, 1.165) is 5.56 Å². The lowest BCUT2D eigenvalue weighted by molar-refractivity contribution is -0.0505. The highest BCUT2D eigenvalue weighted by Gasteiger charge is 2.15. The number of benzene rings is 2. The van der Waals surface area contributed by atoms with Crippen LogP contribution in [0.3, 0.4) is 0 Å². The highest BCUT2D eigenvalue weighted by Crippen LogP contribution is 2.34. The average Bonchev–Trinajstić information content (AvgIpc) is 2.79. The van der Waals surface area contributed by atoms with Gasteiger partial charge >= 0.3 is 6.61 Å². The van der Waals surface area contributed by atoms with Gasteiger partial charge in [0.15, 0.2) is 5.96 Å². The van der Waals surface area contributed by atoms with Crippen molar-refractivity contribution < 1.29 is 32.5 Å². The van der Waals surface area contributed by atoms with E-state index < -0.39 is 6.61 Å². The SMILES string of the molecule is CN=C(NCc1cc(OC)ccc1OC(F)F)NCc1c(OC)cc(OC)cc1OC. The first-order valence-corrected chi connectivity index (χ1v) is 9.30. The lowest BCUT2D eigenvalue weighted by atomic mass is 10.1. The van der Waals surface area contributed by atoms with E-state index in [1.165, 1.54) is 13.2 Å². The van der Waals surface area contributed by atoms with Gasteiger partial charge in [-0.05, 0) is 18.2 Å². The zero-order valence-electron chi connectivity index (χ0n) is 18.1. The number of rotatable bonds is 10. The predicted molar refractivity (Wildman–Crippen MR) is 113 cm³/mol. The molecule has 0 aliphatic rings. The molecule has 0 aliphatic heterocycles. The maximum Gasteiger partial charge on any atom is 0.387 e. The Morgan fingerprint density at radius 2 is 1.45 bits per heavy atom. The summed E-state index contributed by atoms with van der Waals surface area (Å²) >= 11 is 0. The van der Waals surface area contributed by atoms with Gasteiger partial charge < -0.3 is 34.3 Å². The molecule has 0 amide bonds. The number of hydrogen-bond donors (Lipinski definition) is 2. The van der Waals surface area contributed by atoms with Crippen molar-refractivity contribution >= 4 is 5.96 Å². The number of aliphatic imine (C=N–C) groups is 1. The molecule has 0 atom stereocenters. The summed E-state index contributed by atoms with van der Waals surface area (Å²) in [6.45, 7) is -2.43. The largest absolute Gasteiger partial charge is 0.497 e. The Balaban J connectivity index is 2.13. The van der Waals surface area contributed by atoms with Crippen molar-refractivity contribution in [3.05, 3.63) is 41.5 Å². The Bertz CT molecular complexity index is 868. The van der Waals surface area contributed by atoms with Gasteiger partial charge in [0.1, 0.15) is 28.7 Å². The minimum Gasteiger partial charge on any atom is -0.497 e. The number of methoxy groups -OCH3 is 4. The molecule has 2 N–H and O–H groups in total. The number of alkyl halides is 2. The van der Waals surface area contributed by atoms with Crippen LogP contribution in [0.5, 0.6) is 28.7 Å². The Morgan fingerprint density at radius 1 is 0.839 bits per heavy atom. The summed E-state index contributed by atoms with van der Waals surface area (Å²) in [4.78, 5) is 4.16. The fourth-order valence-electron chi connectivity index (χ4n) is 2.86. The molecule has 0 heterocycles. The topological polar surface area (TPSA) is 82.6 Å². The highest BCUT2D eigenvalue weighted by molar-refractivity contribution is 5.80. The first kappa shape index (κ1) is 23.8. The number of nitrogens with zero attached hydrogens (tertiary/aromatic N) is 1. The molecule has 0 radical (unpaired) electrons. The summed E-state index contributed by atoms with van der Waals surface area (Å²) in [5.41, 5.74) is 1.25. The highest BCUT2D eigenvalue weighted by atomic mass is 19.3. The van der Waals surface area contributed by atoms with Crippen molar-refractivity contribution in [2.45, 2.75) is 19.7 Å². The minimum atomic E-state index is -2.93. The Morgan fingerprint density at radius 3 is 1.97 bits per heavy atom. The second-order valence-electron chi connectivity index (χ2n) is 6.14. The number of hydrogen-bond acceptors (Lipinski definition) is 6. The molecule has 0 bridgehead atoms. The van der Waals surface area contributed by atoms with Crippen LogP contribution in [0.1, 0.15) is 11.1 Å². The maximum absolute atomic E-state index is 12.7. The van der Waals surface area contributed by atoms with Gasteiger partial charge in [-0.25, -0.2) is 0 Å². The smallest absolute Gasteiger partial charge is 0.387 e. The van der Waals surface area contributed by atoms with Crippen LogP contribution in [-0.4, -0.2) is 48.1 Å². The maximum atomic E-state index is 12.7. The van der Waals surface area contributed by atoms with Crippen molar-refractivity contribution in [1.29, 1.82) is 0 Å². The van der Waals surface area contributed by atoms with Gasteiger partial charge in [0.25, 0.3) is 0 Å². The quantitative estimate of drug-likeness (QED) is 0.435. The molecule has 0 unspecified atom stereocenters. The summed E-state index contributed by atoms with van der Waals surface area (Å²) in [5, 5.41) is 6.22. The van der Waals surface area contributed by atoms with Gasteiger partial charge in [-0.1, -0.05) is 0 Å². The molecule has 31 heavy (non-hydrogen) atoms. The molecular weight excluding hydrogens is 412 g/mol. The van der Waals surface area contributed by atoms with E-state index in [1.807, 2.05) is 0 Å². The lowest BCUT2D eigenvalue weighted by Gasteiger charge is -2.18. The van der Waals surface area contributed by atoms with Crippen LogP contribution >= 0.6 is 0 Å². The summed E-state index contributed by atoms with van der Waals surface area (Å²) in [6, 6.07) is 8.11. The number of halogens is 2. The summed E-state index contributed by atoms with van der Waals surface area (Å²) < 4.78 is 51.3. The normalized spacial score (nSPS) is 11.2. The molecular formula is C21H27F2N3O5. The lowest BCUT2D eigenvalue weighted by Crippen LogP contribution is -2.36. The van der Waals surface area contributed by atoms with Gasteiger partial charge in [-0.3, -0.25) is 4.99 Å². The van der Waals surface area contributed by atoms with Crippen molar-refractivity contribution in [2.24, 2.45) is 4.99 Å². The zero-order valence-corrected chi connectivity index (χ0v) is 18.1. The van der Waals surface area contributed by atoms with Gasteiger partial charge in [-0.2, -0.15) is 8.78 Å². The first-order valence-electron chi connectivity index (χ1n) is 9.30. The van der Waals surface area contributed by atoms with Crippen LogP contribution in [-0.2, 0) is 13.1 Å². The Hall–Kier alpha value is -3.43. The third-order valence-electron chi connectivity index (χ3n) is 4.40. The molecule has 0 saturated carbocycles. The van der Waals surface area contributed by atoms with Crippen LogP contribution in [0.4, 0.5) is 8.78 Å². The average molecular weight is 439 g/mol. The molecule has 10 heteroatoms. The van der Waals surface area contributed by atoms with Crippen molar-refractivity contribution in [3.8, 4) is 28.7 Å². The molecule has 170 valence electrons. The fourth-order valence-corrected chi connectivity index (χ4v) is 2.86. The summed E-state index contributed by atoms with van der Waals surface area (Å²) in [5.74, 6) is 2.78. The second-order valence-corrected chi connectivity index (χ2v) is 6.14. The first-order chi connectivity index (χ1) is 14.9. The van der Waals surface area contributed by atoms with E-state index in [9.17, 15) is 8.78 Å². The zero-order chi connectivity index (χ0) is 22.8. The third-order valence-corrected chi connectivity index (χ3v) is 4.40. The second kappa shape index (κ2) is 11.7.